The fraction of sp³-hybridized carbons (Fsp3) is 0.538. The minimum atomic E-state index is 0.0420. The van der Waals surface area contributed by atoms with Crippen molar-refractivity contribution in [1.29, 1.82) is 0 Å². The zero-order valence-electron chi connectivity index (χ0n) is 11.5. The molecule has 0 atom stereocenters. The van der Waals surface area contributed by atoms with Gasteiger partial charge < -0.3 is 5.32 Å². The molecule has 0 bridgehead atoms. The lowest BCUT2D eigenvalue weighted by atomic mass is 10.1. The first-order chi connectivity index (χ1) is 8.47. The Bertz CT molecular complexity index is 503. The van der Waals surface area contributed by atoms with E-state index in [-0.39, 0.29) is 5.54 Å². The molecule has 2 heterocycles. The Morgan fingerprint density at radius 3 is 2.56 bits per heavy atom. The summed E-state index contributed by atoms with van der Waals surface area (Å²) in [6, 6.07) is 2.02. The van der Waals surface area contributed by atoms with Crippen molar-refractivity contribution in [1.82, 2.24) is 24.9 Å². The van der Waals surface area contributed by atoms with Crippen molar-refractivity contribution >= 4 is 0 Å². The highest BCUT2D eigenvalue weighted by Gasteiger charge is 2.13. The first kappa shape index (κ1) is 12.8. The summed E-state index contributed by atoms with van der Waals surface area (Å²) in [5.74, 6) is 0. The molecule has 0 aromatic carbocycles. The summed E-state index contributed by atoms with van der Waals surface area (Å²) in [5.41, 5.74) is 2.42. The Kier molecular flexibility index (Phi) is 3.52. The summed E-state index contributed by atoms with van der Waals surface area (Å²) in [5, 5.41) is 11.9. The molecule has 1 N–H and O–H groups in total. The maximum absolute atomic E-state index is 4.38. The Hall–Kier alpha value is -1.62. The third-order valence-electron chi connectivity index (χ3n) is 2.88. The van der Waals surface area contributed by atoms with Gasteiger partial charge in [0.1, 0.15) is 0 Å². The van der Waals surface area contributed by atoms with Gasteiger partial charge in [0.25, 0.3) is 0 Å². The van der Waals surface area contributed by atoms with E-state index in [0.717, 1.165) is 13.1 Å². The van der Waals surface area contributed by atoms with Crippen molar-refractivity contribution < 1.29 is 0 Å². The quantitative estimate of drug-likeness (QED) is 0.894. The summed E-state index contributed by atoms with van der Waals surface area (Å²) in [6.07, 6.45) is 5.83. The van der Waals surface area contributed by atoms with Crippen LogP contribution in [0.4, 0.5) is 0 Å². The van der Waals surface area contributed by atoms with Crippen molar-refractivity contribution in [3.63, 3.8) is 0 Å². The second-order valence-electron chi connectivity index (χ2n) is 5.51. The molecule has 2 rings (SSSR count). The molecule has 18 heavy (non-hydrogen) atoms. The molecular weight excluding hydrogens is 226 g/mol. The highest BCUT2D eigenvalue weighted by Crippen LogP contribution is 2.13. The largest absolute Gasteiger partial charge is 0.307 e. The molecule has 0 saturated carbocycles. The number of hydrogen-bond acceptors (Lipinski definition) is 3. The molecule has 0 aliphatic rings. The summed E-state index contributed by atoms with van der Waals surface area (Å²) >= 11 is 0. The molecule has 98 valence electrons. The molecule has 0 unspecified atom stereocenters. The van der Waals surface area contributed by atoms with Crippen LogP contribution in [0.2, 0.25) is 0 Å². The monoisotopic (exact) mass is 247 g/mol. The highest BCUT2D eigenvalue weighted by atomic mass is 15.3. The minimum Gasteiger partial charge on any atom is -0.307 e. The Morgan fingerprint density at radius 2 is 2.00 bits per heavy atom. The summed E-state index contributed by atoms with van der Waals surface area (Å²) in [6.45, 7) is 8.07. The van der Waals surface area contributed by atoms with E-state index in [1.165, 1.54) is 11.3 Å². The van der Waals surface area contributed by atoms with Crippen LogP contribution in [-0.4, -0.2) is 19.6 Å². The van der Waals surface area contributed by atoms with Crippen LogP contribution in [0, 0.1) is 0 Å². The van der Waals surface area contributed by atoms with Gasteiger partial charge in [0.05, 0.1) is 17.4 Å². The van der Waals surface area contributed by atoms with E-state index in [2.05, 4.69) is 42.5 Å². The highest BCUT2D eigenvalue weighted by molar-refractivity contribution is 5.06. The smallest absolute Gasteiger partial charge is 0.0543 e. The first-order valence-electron chi connectivity index (χ1n) is 6.18. The zero-order chi connectivity index (χ0) is 13.2. The average Bonchev–Trinajstić information content (AvgIpc) is 2.88. The number of aromatic nitrogens is 4. The van der Waals surface area contributed by atoms with Crippen LogP contribution < -0.4 is 5.32 Å². The number of rotatable bonds is 4. The maximum atomic E-state index is 4.38. The Labute approximate surface area is 108 Å². The van der Waals surface area contributed by atoms with E-state index < -0.39 is 0 Å². The van der Waals surface area contributed by atoms with E-state index in [0.29, 0.717) is 0 Å². The van der Waals surface area contributed by atoms with E-state index >= 15 is 0 Å². The number of hydrogen-bond donors (Lipinski definition) is 1. The molecule has 2 aromatic heterocycles. The zero-order valence-corrected chi connectivity index (χ0v) is 11.5. The van der Waals surface area contributed by atoms with Gasteiger partial charge in [-0.2, -0.15) is 10.2 Å². The van der Waals surface area contributed by atoms with Crippen LogP contribution in [0.3, 0.4) is 0 Å². The minimum absolute atomic E-state index is 0.0420. The van der Waals surface area contributed by atoms with Crippen molar-refractivity contribution in [2.45, 2.75) is 39.4 Å². The molecule has 0 fully saturated rings. The molecule has 0 aliphatic carbocycles. The van der Waals surface area contributed by atoms with Gasteiger partial charge >= 0.3 is 0 Å². The van der Waals surface area contributed by atoms with Gasteiger partial charge in [0.2, 0.25) is 0 Å². The predicted octanol–water partition coefficient (Wildman–Crippen LogP) is 1.66. The van der Waals surface area contributed by atoms with Crippen LogP contribution >= 0.6 is 0 Å². The van der Waals surface area contributed by atoms with Crippen molar-refractivity contribution in [3.05, 3.63) is 35.9 Å². The molecule has 5 nitrogen and oxygen atoms in total. The first-order valence-corrected chi connectivity index (χ1v) is 6.18. The standard InChI is InChI=1S/C13H21N5/c1-13(2,3)18-10-11(8-16-18)7-14-9-12-5-6-15-17(12)4/h5-6,8,10,14H,7,9H2,1-4H3. The van der Waals surface area contributed by atoms with Crippen LogP contribution in [-0.2, 0) is 25.7 Å². The van der Waals surface area contributed by atoms with Crippen LogP contribution in [0.25, 0.3) is 0 Å². The molecule has 0 amide bonds. The fourth-order valence-corrected chi connectivity index (χ4v) is 1.73. The molecule has 5 heteroatoms. The normalized spacial score (nSPS) is 12.0. The van der Waals surface area contributed by atoms with Gasteiger partial charge in [-0.1, -0.05) is 0 Å². The SMILES string of the molecule is Cn1nccc1CNCc1cnn(C(C)(C)C)c1. The predicted molar refractivity (Wildman–Crippen MR) is 71.0 cm³/mol. The Morgan fingerprint density at radius 1 is 1.22 bits per heavy atom. The molecular formula is C13H21N5. The van der Waals surface area contributed by atoms with Crippen LogP contribution in [0.15, 0.2) is 24.7 Å². The molecule has 0 radical (unpaired) electrons. The lowest BCUT2D eigenvalue weighted by Crippen LogP contribution is -2.22. The number of nitrogens with zero attached hydrogens (tertiary/aromatic N) is 4. The van der Waals surface area contributed by atoms with Crippen molar-refractivity contribution in [2.75, 3.05) is 0 Å². The van der Waals surface area contributed by atoms with E-state index in [4.69, 9.17) is 0 Å². The average molecular weight is 247 g/mol. The summed E-state index contributed by atoms with van der Waals surface area (Å²) < 4.78 is 3.87. The summed E-state index contributed by atoms with van der Waals surface area (Å²) in [7, 11) is 1.95. The number of aryl methyl sites for hydroxylation is 1. The van der Waals surface area contributed by atoms with Gasteiger partial charge in [-0.05, 0) is 26.8 Å². The summed E-state index contributed by atoms with van der Waals surface area (Å²) in [4.78, 5) is 0. The van der Waals surface area contributed by atoms with Gasteiger partial charge in [-0.25, -0.2) is 0 Å². The number of nitrogens with one attached hydrogen (secondary N) is 1. The van der Waals surface area contributed by atoms with Gasteiger partial charge in [0, 0.05) is 38.1 Å². The molecule has 0 saturated heterocycles. The second kappa shape index (κ2) is 4.94. The molecule has 0 spiro atoms. The molecule has 0 aliphatic heterocycles. The Balaban J connectivity index is 1.88. The van der Waals surface area contributed by atoms with E-state index in [1.54, 1.807) is 0 Å². The lowest BCUT2D eigenvalue weighted by molar-refractivity contribution is 0.355. The van der Waals surface area contributed by atoms with Crippen molar-refractivity contribution in [2.24, 2.45) is 7.05 Å². The fourth-order valence-electron chi connectivity index (χ4n) is 1.73. The van der Waals surface area contributed by atoms with Gasteiger partial charge in [-0.15, -0.1) is 0 Å². The second-order valence-corrected chi connectivity index (χ2v) is 5.51. The van der Waals surface area contributed by atoms with Gasteiger partial charge in [0.15, 0.2) is 0 Å². The van der Waals surface area contributed by atoms with Crippen LogP contribution in [0.5, 0.6) is 0 Å². The van der Waals surface area contributed by atoms with Crippen LogP contribution in [0.1, 0.15) is 32.0 Å². The van der Waals surface area contributed by atoms with E-state index in [1.807, 2.05) is 34.9 Å². The maximum Gasteiger partial charge on any atom is 0.0543 e. The third-order valence-corrected chi connectivity index (χ3v) is 2.88. The van der Waals surface area contributed by atoms with Gasteiger partial charge in [-0.3, -0.25) is 9.36 Å². The van der Waals surface area contributed by atoms with Crippen molar-refractivity contribution in [3.8, 4) is 0 Å². The third kappa shape index (κ3) is 2.98. The van der Waals surface area contributed by atoms with E-state index in [9.17, 15) is 0 Å². The molecule has 2 aromatic rings. The lowest BCUT2D eigenvalue weighted by Gasteiger charge is -2.18. The topological polar surface area (TPSA) is 47.7 Å².